The maximum atomic E-state index is 6.48. The van der Waals surface area contributed by atoms with Gasteiger partial charge in [0.25, 0.3) is 0 Å². The number of nitrogens with zero attached hydrogens (tertiary/aromatic N) is 3. The fourth-order valence-corrected chi connectivity index (χ4v) is 6.57. The molecule has 0 bridgehead atoms. The Hall–Kier alpha value is -3.50. The van der Waals surface area contributed by atoms with E-state index in [1.807, 2.05) is 29.8 Å². The minimum atomic E-state index is 0.191. The predicted molar refractivity (Wildman–Crippen MR) is 160 cm³/mol. The van der Waals surface area contributed by atoms with Crippen molar-refractivity contribution < 1.29 is 18.9 Å². The van der Waals surface area contributed by atoms with Gasteiger partial charge in [-0.25, -0.2) is 4.98 Å². The third-order valence-corrected chi connectivity index (χ3v) is 9.16. The molecule has 3 aliphatic rings. The Bertz CT molecular complexity index is 1650. The molecule has 0 spiro atoms. The smallest absolute Gasteiger partial charge is 0.231 e. The van der Waals surface area contributed by atoms with Gasteiger partial charge in [0, 0.05) is 41.8 Å². The van der Waals surface area contributed by atoms with Crippen LogP contribution in [0.4, 0.5) is 5.13 Å². The van der Waals surface area contributed by atoms with Crippen LogP contribution in [0.15, 0.2) is 53.1 Å². The summed E-state index contributed by atoms with van der Waals surface area (Å²) in [5.74, 6) is 3.02. The number of nitrogens with one attached hydrogen (secondary N) is 1. The molecule has 0 amide bonds. The second-order valence-electron chi connectivity index (χ2n) is 10.0. The molecular weight excluding hydrogens is 583 g/mol. The van der Waals surface area contributed by atoms with Crippen LogP contribution in [-0.2, 0) is 26.0 Å². The number of ether oxygens (including phenoxy) is 4. The number of halogens is 2. The lowest BCUT2D eigenvalue weighted by Crippen LogP contribution is -2.40. The average Bonchev–Trinajstić information content (AvgIpc) is 3.68. The van der Waals surface area contributed by atoms with Crippen molar-refractivity contribution in [1.82, 2.24) is 9.88 Å². The quantitative estimate of drug-likeness (QED) is 0.181. The van der Waals surface area contributed by atoms with Crippen LogP contribution in [0.5, 0.6) is 23.0 Å². The van der Waals surface area contributed by atoms with Crippen molar-refractivity contribution in [3.63, 3.8) is 0 Å². The molecular formula is C30H26Cl2N4O4S. The zero-order chi connectivity index (χ0) is 27.9. The molecule has 1 atom stereocenters. The van der Waals surface area contributed by atoms with E-state index in [4.69, 9.17) is 42.1 Å². The summed E-state index contributed by atoms with van der Waals surface area (Å²) in [6, 6.07) is 12.0. The number of hydrazone groups is 1. The number of aromatic nitrogens is 1. The van der Waals surface area contributed by atoms with Gasteiger partial charge in [0.15, 0.2) is 23.0 Å². The molecule has 3 aromatic carbocycles. The normalized spacial score (nSPS) is 17.2. The monoisotopic (exact) mass is 608 g/mol. The number of fused-ring (bicyclic) bond motifs is 5. The van der Waals surface area contributed by atoms with Gasteiger partial charge < -0.3 is 18.9 Å². The molecule has 41 heavy (non-hydrogen) atoms. The zero-order valence-corrected chi connectivity index (χ0v) is 24.5. The Morgan fingerprint density at radius 1 is 1.15 bits per heavy atom. The van der Waals surface area contributed by atoms with Gasteiger partial charge in [0.05, 0.1) is 23.4 Å². The lowest BCUT2D eigenvalue weighted by molar-refractivity contribution is 0.155. The number of hydrogen-bond acceptors (Lipinski definition) is 9. The summed E-state index contributed by atoms with van der Waals surface area (Å²) in [5.41, 5.74) is 9.78. The molecule has 0 aliphatic carbocycles. The molecule has 210 valence electrons. The molecule has 11 heteroatoms. The first kappa shape index (κ1) is 26.4. The lowest BCUT2D eigenvalue weighted by Gasteiger charge is -2.42. The van der Waals surface area contributed by atoms with E-state index in [1.54, 1.807) is 19.4 Å². The van der Waals surface area contributed by atoms with Crippen LogP contribution in [0.3, 0.4) is 0 Å². The van der Waals surface area contributed by atoms with Gasteiger partial charge in [-0.1, -0.05) is 29.3 Å². The van der Waals surface area contributed by atoms with Gasteiger partial charge in [-0.15, -0.1) is 11.3 Å². The zero-order valence-electron chi connectivity index (χ0n) is 22.2. The van der Waals surface area contributed by atoms with Gasteiger partial charge in [-0.2, -0.15) is 5.10 Å². The second kappa shape index (κ2) is 11.1. The largest absolute Gasteiger partial charge is 0.493 e. The van der Waals surface area contributed by atoms with Crippen molar-refractivity contribution in [2.75, 3.05) is 25.9 Å². The molecule has 1 aromatic heterocycles. The summed E-state index contributed by atoms with van der Waals surface area (Å²) in [6.45, 7) is 2.23. The summed E-state index contributed by atoms with van der Waals surface area (Å²) >= 11 is 13.9. The van der Waals surface area contributed by atoms with Crippen LogP contribution >= 0.6 is 34.5 Å². The van der Waals surface area contributed by atoms with E-state index in [0.29, 0.717) is 28.9 Å². The first-order chi connectivity index (χ1) is 20.1. The van der Waals surface area contributed by atoms with Gasteiger partial charge in [0.2, 0.25) is 11.9 Å². The Kier molecular flexibility index (Phi) is 7.12. The molecule has 4 aromatic rings. The molecule has 3 aliphatic heterocycles. The van der Waals surface area contributed by atoms with E-state index in [-0.39, 0.29) is 12.8 Å². The highest BCUT2D eigenvalue weighted by Crippen LogP contribution is 2.47. The number of anilines is 1. The topological polar surface area (TPSA) is 77.4 Å². The van der Waals surface area contributed by atoms with Crippen molar-refractivity contribution in [3.05, 3.63) is 91.4 Å². The van der Waals surface area contributed by atoms with E-state index in [0.717, 1.165) is 58.5 Å². The molecule has 7 rings (SSSR count). The minimum absolute atomic E-state index is 0.191. The summed E-state index contributed by atoms with van der Waals surface area (Å²) < 4.78 is 23.7. The molecule has 1 unspecified atom stereocenters. The van der Waals surface area contributed by atoms with Crippen LogP contribution in [-0.4, -0.2) is 36.5 Å². The SMILES string of the molecule is COc1cc(/C=N/Nc2nccs2)c2c(c1OCc1ccc(Cl)c(Cl)c1)CN1CCc3cc4c(cc3C1C2)OCO4. The Morgan fingerprint density at radius 3 is 2.83 bits per heavy atom. The third-order valence-electron chi connectivity index (χ3n) is 7.74. The first-order valence-corrected chi connectivity index (χ1v) is 14.9. The number of hydrogen-bond donors (Lipinski definition) is 1. The van der Waals surface area contributed by atoms with Crippen LogP contribution in [0.1, 0.15) is 39.4 Å². The Balaban J connectivity index is 1.27. The number of benzene rings is 3. The lowest BCUT2D eigenvalue weighted by atomic mass is 9.82. The standard InChI is InChI=1S/C30H26Cl2N4O4S/c1-37-28-10-19(13-34-35-30-33-5-7-41-30)20-11-25-21-12-27-26(39-16-40-27)9-18(21)4-6-36(25)14-22(20)29(28)38-15-17-2-3-23(31)24(32)8-17/h2-3,5,7-10,12-13,25H,4,6,11,14-16H2,1H3,(H,33,35)/b34-13+. The van der Waals surface area contributed by atoms with Gasteiger partial charge in [0.1, 0.15) is 6.61 Å². The van der Waals surface area contributed by atoms with Crippen molar-refractivity contribution in [3.8, 4) is 23.0 Å². The average molecular weight is 610 g/mol. The van der Waals surface area contributed by atoms with E-state index in [1.165, 1.54) is 28.0 Å². The van der Waals surface area contributed by atoms with Crippen LogP contribution in [0, 0.1) is 0 Å². The summed E-state index contributed by atoms with van der Waals surface area (Å²) in [5, 5.41) is 8.15. The van der Waals surface area contributed by atoms with Gasteiger partial charge in [-0.05, 0) is 65.4 Å². The van der Waals surface area contributed by atoms with Gasteiger partial charge in [-0.3, -0.25) is 10.3 Å². The minimum Gasteiger partial charge on any atom is -0.493 e. The van der Waals surface area contributed by atoms with Crippen molar-refractivity contribution in [2.24, 2.45) is 5.10 Å². The van der Waals surface area contributed by atoms with E-state index in [2.05, 4.69) is 32.5 Å². The Labute approximate surface area is 251 Å². The first-order valence-electron chi connectivity index (χ1n) is 13.2. The maximum absolute atomic E-state index is 6.48. The molecule has 1 N–H and O–H groups in total. The third kappa shape index (κ3) is 5.08. The van der Waals surface area contributed by atoms with Crippen molar-refractivity contribution in [1.29, 1.82) is 0 Å². The maximum Gasteiger partial charge on any atom is 0.231 e. The fourth-order valence-electron chi connectivity index (χ4n) is 5.78. The van der Waals surface area contributed by atoms with Crippen LogP contribution in [0.2, 0.25) is 10.0 Å². The summed E-state index contributed by atoms with van der Waals surface area (Å²) in [7, 11) is 1.66. The molecule has 0 saturated carbocycles. The van der Waals surface area contributed by atoms with Crippen molar-refractivity contribution >= 4 is 45.9 Å². The molecule has 0 radical (unpaired) electrons. The Morgan fingerprint density at radius 2 is 2.02 bits per heavy atom. The van der Waals surface area contributed by atoms with Gasteiger partial charge >= 0.3 is 0 Å². The summed E-state index contributed by atoms with van der Waals surface area (Å²) in [6.07, 6.45) is 5.31. The highest BCUT2D eigenvalue weighted by Gasteiger charge is 2.37. The molecule has 8 nitrogen and oxygen atoms in total. The van der Waals surface area contributed by atoms with Crippen molar-refractivity contribution in [2.45, 2.75) is 32.0 Å². The van der Waals surface area contributed by atoms with E-state index in [9.17, 15) is 0 Å². The highest BCUT2D eigenvalue weighted by atomic mass is 35.5. The van der Waals surface area contributed by atoms with Crippen LogP contribution in [0.25, 0.3) is 0 Å². The predicted octanol–water partition coefficient (Wildman–Crippen LogP) is 6.87. The molecule has 4 heterocycles. The highest BCUT2D eigenvalue weighted by molar-refractivity contribution is 7.13. The number of rotatable bonds is 7. The number of thiazole rings is 1. The van der Waals surface area contributed by atoms with E-state index >= 15 is 0 Å². The van der Waals surface area contributed by atoms with Crippen LogP contribution < -0.4 is 24.4 Å². The fraction of sp³-hybridized carbons (Fsp3) is 0.267. The summed E-state index contributed by atoms with van der Waals surface area (Å²) in [4.78, 5) is 6.76. The van der Waals surface area contributed by atoms with E-state index < -0.39 is 0 Å². The molecule has 0 fully saturated rings. The molecule has 0 saturated heterocycles. The second-order valence-corrected chi connectivity index (χ2v) is 11.8. The number of methoxy groups -OCH3 is 1.